The van der Waals surface area contributed by atoms with E-state index in [9.17, 15) is 9.59 Å². The Kier molecular flexibility index (Phi) is 5.00. The van der Waals surface area contributed by atoms with E-state index in [0.717, 1.165) is 17.0 Å². The third-order valence-electron chi connectivity index (χ3n) is 5.75. The zero-order valence-corrected chi connectivity index (χ0v) is 17.7. The summed E-state index contributed by atoms with van der Waals surface area (Å²) >= 11 is 6.07. The van der Waals surface area contributed by atoms with E-state index in [1.165, 1.54) is 4.90 Å². The van der Waals surface area contributed by atoms with Crippen molar-refractivity contribution in [2.45, 2.75) is 32.6 Å². The van der Waals surface area contributed by atoms with Gasteiger partial charge in [-0.3, -0.25) is 14.6 Å². The topological polar surface area (TPSA) is 68.7 Å². The van der Waals surface area contributed by atoms with Crippen molar-refractivity contribution in [2.24, 2.45) is 4.99 Å². The van der Waals surface area contributed by atoms with Gasteiger partial charge < -0.3 is 14.5 Å². The molecule has 1 fully saturated rings. The van der Waals surface area contributed by atoms with Gasteiger partial charge in [-0.15, -0.1) is 0 Å². The van der Waals surface area contributed by atoms with Gasteiger partial charge in [-0.05, 0) is 31.5 Å². The number of amides is 3. The lowest BCUT2D eigenvalue weighted by molar-refractivity contribution is -0.137. The van der Waals surface area contributed by atoms with Crippen LogP contribution in [-0.4, -0.2) is 77.0 Å². The van der Waals surface area contributed by atoms with Crippen LogP contribution in [0.5, 0.6) is 0 Å². The second kappa shape index (κ2) is 7.35. The predicted octanol–water partition coefficient (Wildman–Crippen LogP) is 2.31. The SMILES string of the molecule is COCCN1C2=NC3C(C(=O)N(Cc4cccc(Cl)c4)C(=O)N3C)N2C(C)=C1C. The maximum Gasteiger partial charge on any atom is 0.328 e. The molecule has 0 aromatic heterocycles. The summed E-state index contributed by atoms with van der Waals surface area (Å²) in [5.74, 6) is 0.447. The van der Waals surface area contributed by atoms with E-state index in [1.807, 2.05) is 35.8 Å². The quantitative estimate of drug-likeness (QED) is 0.735. The number of ether oxygens (including phenoxy) is 1. The Balaban J connectivity index is 1.65. The number of halogens is 1. The number of guanidine groups is 1. The third kappa shape index (κ3) is 3.07. The lowest BCUT2D eigenvalue weighted by atomic mass is 10.1. The van der Waals surface area contributed by atoms with Gasteiger partial charge in [-0.1, -0.05) is 23.7 Å². The number of rotatable bonds is 5. The summed E-state index contributed by atoms with van der Waals surface area (Å²) in [6.45, 7) is 5.32. The lowest BCUT2D eigenvalue weighted by Gasteiger charge is -2.40. The standard InChI is InChI=1S/C20H24ClN5O3/c1-12-13(2)26-16-17(22-19(26)24(12)8-9-29-4)23(3)20(28)25(18(16)27)11-14-6-5-7-15(21)10-14/h5-7,10,16-17H,8-9,11H2,1-4H3. The Labute approximate surface area is 175 Å². The number of urea groups is 1. The number of carbonyl (C=O) groups excluding carboxylic acids is 2. The second-order valence-corrected chi connectivity index (χ2v) is 7.86. The average Bonchev–Trinajstić information content (AvgIpc) is 3.19. The first-order valence-electron chi connectivity index (χ1n) is 9.48. The first-order valence-corrected chi connectivity index (χ1v) is 9.86. The molecule has 29 heavy (non-hydrogen) atoms. The maximum atomic E-state index is 13.4. The molecule has 2 unspecified atom stereocenters. The molecule has 1 saturated heterocycles. The van der Waals surface area contributed by atoms with Crippen LogP contribution in [-0.2, 0) is 16.1 Å². The Morgan fingerprint density at radius 1 is 1.17 bits per heavy atom. The summed E-state index contributed by atoms with van der Waals surface area (Å²) in [5.41, 5.74) is 2.80. The lowest BCUT2D eigenvalue weighted by Crippen LogP contribution is -2.64. The minimum atomic E-state index is -0.575. The molecule has 1 aromatic rings. The van der Waals surface area contributed by atoms with Crippen LogP contribution in [0.1, 0.15) is 19.4 Å². The maximum absolute atomic E-state index is 13.4. The van der Waals surface area contributed by atoms with Crippen molar-refractivity contribution in [3.05, 3.63) is 46.2 Å². The minimum absolute atomic E-state index is 0.171. The van der Waals surface area contributed by atoms with Gasteiger partial charge in [0, 0.05) is 37.1 Å². The summed E-state index contributed by atoms with van der Waals surface area (Å²) in [6, 6.07) is 6.26. The molecule has 8 nitrogen and oxygen atoms in total. The van der Waals surface area contributed by atoms with Crippen molar-refractivity contribution in [1.82, 2.24) is 19.6 Å². The number of fused-ring (bicyclic) bond motifs is 3. The Morgan fingerprint density at radius 3 is 2.62 bits per heavy atom. The molecule has 0 spiro atoms. The van der Waals surface area contributed by atoms with Crippen LogP contribution in [0.3, 0.4) is 0 Å². The molecular weight excluding hydrogens is 394 g/mol. The molecule has 3 aliphatic heterocycles. The van der Waals surface area contributed by atoms with Gasteiger partial charge in [0.25, 0.3) is 5.91 Å². The summed E-state index contributed by atoms with van der Waals surface area (Å²) in [5, 5.41) is 0.569. The van der Waals surface area contributed by atoms with Gasteiger partial charge in [-0.2, -0.15) is 0 Å². The summed E-state index contributed by atoms with van der Waals surface area (Å²) in [4.78, 5) is 38.0. The van der Waals surface area contributed by atoms with Crippen LogP contribution >= 0.6 is 11.6 Å². The average molecular weight is 418 g/mol. The van der Waals surface area contributed by atoms with E-state index < -0.39 is 12.2 Å². The Bertz CT molecular complexity index is 930. The summed E-state index contributed by atoms with van der Waals surface area (Å²) in [6.07, 6.45) is -0.547. The fourth-order valence-corrected chi connectivity index (χ4v) is 4.31. The van der Waals surface area contributed by atoms with E-state index in [1.54, 1.807) is 31.2 Å². The third-order valence-corrected chi connectivity index (χ3v) is 5.99. The smallest absolute Gasteiger partial charge is 0.328 e. The molecule has 9 heteroatoms. The number of carbonyl (C=O) groups is 2. The van der Waals surface area contributed by atoms with Crippen LogP contribution in [0.4, 0.5) is 4.79 Å². The van der Waals surface area contributed by atoms with E-state index in [4.69, 9.17) is 21.3 Å². The van der Waals surface area contributed by atoms with Gasteiger partial charge in [0.2, 0.25) is 5.96 Å². The molecule has 3 amide bonds. The molecule has 1 aromatic carbocycles. The number of aliphatic imine (C=N–C) groups is 1. The number of hydrogen-bond donors (Lipinski definition) is 0. The first kappa shape index (κ1) is 19.7. The normalized spacial score (nSPS) is 23.8. The largest absolute Gasteiger partial charge is 0.383 e. The van der Waals surface area contributed by atoms with Gasteiger partial charge in [0.15, 0.2) is 12.2 Å². The van der Waals surface area contributed by atoms with Gasteiger partial charge in [-0.25, -0.2) is 9.79 Å². The number of methoxy groups -OCH3 is 1. The molecule has 0 aliphatic carbocycles. The Morgan fingerprint density at radius 2 is 1.93 bits per heavy atom. The van der Waals surface area contributed by atoms with E-state index in [2.05, 4.69) is 0 Å². The molecule has 154 valence electrons. The van der Waals surface area contributed by atoms with Crippen LogP contribution in [0.15, 0.2) is 40.7 Å². The van der Waals surface area contributed by atoms with Crippen molar-refractivity contribution in [3.63, 3.8) is 0 Å². The molecule has 3 heterocycles. The molecule has 0 radical (unpaired) electrons. The molecule has 2 atom stereocenters. The molecular formula is C20H24ClN5O3. The highest BCUT2D eigenvalue weighted by molar-refractivity contribution is 6.30. The second-order valence-electron chi connectivity index (χ2n) is 7.42. The highest BCUT2D eigenvalue weighted by Gasteiger charge is 2.55. The molecule has 4 rings (SSSR count). The molecule has 0 saturated carbocycles. The van der Waals surface area contributed by atoms with Crippen molar-refractivity contribution in [1.29, 1.82) is 0 Å². The first-order chi connectivity index (χ1) is 13.8. The molecule has 0 bridgehead atoms. The van der Waals surface area contributed by atoms with Gasteiger partial charge in [0.1, 0.15) is 0 Å². The number of allylic oxidation sites excluding steroid dienone is 2. The number of benzene rings is 1. The zero-order chi connectivity index (χ0) is 20.9. The number of likely N-dealkylation sites (N-methyl/N-ethyl adjacent to an activating group) is 1. The molecule has 0 N–H and O–H groups in total. The minimum Gasteiger partial charge on any atom is -0.383 e. The van der Waals surface area contributed by atoms with E-state index in [0.29, 0.717) is 24.1 Å². The van der Waals surface area contributed by atoms with Crippen LogP contribution < -0.4 is 0 Å². The van der Waals surface area contributed by atoms with Gasteiger partial charge in [0.05, 0.1) is 13.2 Å². The number of nitrogens with zero attached hydrogens (tertiary/aromatic N) is 5. The predicted molar refractivity (Wildman–Crippen MR) is 109 cm³/mol. The Hall–Kier alpha value is -2.58. The van der Waals surface area contributed by atoms with Crippen molar-refractivity contribution < 1.29 is 14.3 Å². The number of hydrogen-bond acceptors (Lipinski definition) is 6. The van der Waals surface area contributed by atoms with Crippen molar-refractivity contribution in [3.8, 4) is 0 Å². The van der Waals surface area contributed by atoms with Crippen molar-refractivity contribution in [2.75, 3.05) is 27.3 Å². The van der Waals surface area contributed by atoms with Crippen LogP contribution in [0.25, 0.3) is 0 Å². The van der Waals surface area contributed by atoms with E-state index >= 15 is 0 Å². The summed E-state index contributed by atoms with van der Waals surface area (Å²) < 4.78 is 5.22. The van der Waals surface area contributed by atoms with Crippen molar-refractivity contribution >= 4 is 29.5 Å². The number of imide groups is 1. The summed E-state index contributed by atoms with van der Waals surface area (Å²) in [7, 11) is 3.34. The van der Waals surface area contributed by atoms with E-state index in [-0.39, 0.29) is 18.5 Å². The van der Waals surface area contributed by atoms with Gasteiger partial charge >= 0.3 is 6.03 Å². The fourth-order valence-electron chi connectivity index (χ4n) is 4.09. The highest BCUT2D eigenvalue weighted by atomic mass is 35.5. The molecule has 3 aliphatic rings. The monoisotopic (exact) mass is 417 g/mol. The highest BCUT2D eigenvalue weighted by Crippen LogP contribution is 2.37. The fraction of sp³-hybridized carbons (Fsp3) is 0.450. The van der Waals surface area contributed by atoms with Crippen LogP contribution in [0, 0.1) is 0 Å². The zero-order valence-electron chi connectivity index (χ0n) is 16.9. The van der Waals surface area contributed by atoms with Crippen LogP contribution in [0.2, 0.25) is 5.02 Å².